The van der Waals surface area contributed by atoms with E-state index in [0.717, 1.165) is 12.1 Å². The lowest BCUT2D eigenvalue weighted by atomic mass is 10.1. The molecule has 2 unspecified atom stereocenters. The Labute approximate surface area is 168 Å². The fourth-order valence-corrected chi connectivity index (χ4v) is 4.35. The van der Waals surface area contributed by atoms with E-state index in [1.807, 2.05) is 18.2 Å². The van der Waals surface area contributed by atoms with E-state index < -0.39 is 23.4 Å². The van der Waals surface area contributed by atoms with Gasteiger partial charge in [0.1, 0.15) is 16.7 Å². The van der Waals surface area contributed by atoms with Crippen LogP contribution in [-0.4, -0.2) is 18.0 Å². The largest absolute Gasteiger partial charge is 0.416 e. The number of benzene rings is 2. The van der Waals surface area contributed by atoms with Crippen LogP contribution in [0.1, 0.15) is 5.56 Å². The highest BCUT2D eigenvalue weighted by molar-refractivity contribution is 8.04. The Bertz CT molecular complexity index is 960. The van der Waals surface area contributed by atoms with Crippen LogP contribution in [0.15, 0.2) is 64.2 Å². The molecule has 2 aliphatic heterocycles. The maximum absolute atomic E-state index is 12.8. The Morgan fingerprint density at radius 2 is 1.71 bits per heavy atom. The topological polar surface area (TPSA) is 70.9 Å². The lowest BCUT2D eigenvalue weighted by Gasteiger charge is -2.36. The number of aliphatic imine (C=N–C) groups is 1. The van der Waals surface area contributed by atoms with Crippen molar-refractivity contribution in [1.82, 2.24) is 0 Å². The predicted octanol–water partition coefficient (Wildman–Crippen LogP) is 4.16. The minimum absolute atomic E-state index is 0.472. The van der Waals surface area contributed by atoms with Crippen LogP contribution in [0.5, 0.6) is 0 Å². The van der Waals surface area contributed by atoms with Gasteiger partial charge in [-0.05, 0) is 36.4 Å². The Morgan fingerprint density at radius 1 is 1.04 bits per heavy atom. The number of para-hydroxylation sites is 1. The van der Waals surface area contributed by atoms with Crippen LogP contribution in [0.2, 0.25) is 5.02 Å². The van der Waals surface area contributed by atoms with Crippen LogP contribution < -0.4 is 21.3 Å². The van der Waals surface area contributed by atoms with Crippen LogP contribution in [0, 0.1) is 0 Å². The summed E-state index contributed by atoms with van der Waals surface area (Å²) in [7, 11) is 0. The first kappa shape index (κ1) is 19.1. The second-order valence-corrected chi connectivity index (χ2v) is 7.67. The van der Waals surface area contributed by atoms with Crippen LogP contribution in [0.4, 0.5) is 24.5 Å². The lowest BCUT2D eigenvalue weighted by molar-refractivity contribution is -0.137. The summed E-state index contributed by atoms with van der Waals surface area (Å²) in [6.45, 7) is 0. The highest BCUT2D eigenvalue weighted by Crippen LogP contribution is 2.45. The summed E-state index contributed by atoms with van der Waals surface area (Å²) in [4.78, 5) is 7.81. The molecule has 2 aromatic rings. The fourth-order valence-electron chi connectivity index (χ4n) is 3.12. The molecule has 0 bridgehead atoms. The molecule has 0 fully saturated rings. The Balaban J connectivity index is 1.68. The molecule has 4 rings (SSSR count). The molecule has 2 heterocycles. The maximum Gasteiger partial charge on any atom is 0.416 e. The number of hydrogen-bond acceptors (Lipinski definition) is 6. The van der Waals surface area contributed by atoms with Gasteiger partial charge in [-0.2, -0.15) is 13.2 Å². The number of alkyl halides is 3. The van der Waals surface area contributed by atoms with Crippen LogP contribution >= 0.6 is 23.4 Å². The molecule has 0 saturated heterocycles. The second kappa shape index (κ2) is 7.00. The first-order valence-corrected chi connectivity index (χ1v) is 9.48. The van der Waals surface area contributed by atoms with Gasteiger partial charge in [0.2, 0.25) is 0 Å². The Morgan fingerprint density at radius 3 is 2.36 bits per heavy atom. The van der Waals surface area contributed by atoms with Gasteiger partial charge in [0.05, 0.1) is 28.3 Å². The first-order valence-electron chi connectivity index (χ1n) is 8.23. The maximum atomic E-state index is 12.8. The van der Waals surface area contributed by atoms with E-state index in [2.05, 4.69) is 4.99 Å². The van der Waals surface area contributed by atoms with Gasteiger partial charge in [0.15, 0.2) is 0 Å². The summed E-state index contributed by atoms with van der Waals surface area (Å²) < 4.78 is 38.5. The van der Waals surface area contributed by atoms with Crippen molar-refractivity contribution in [2.45, 2.75) is 17.8 Å². The third kappa shape index (κ3) is 3.24. The minimum atomic E-state index is -4.40. The van der Waals surface area contributed by atoms with Gasteiger partial charge in [-0.1, -0.05) is 35.5 Å². The molecule has 0 radical (unpaired) electrons. The summed E-state index contributed by atoms with van der Waals surface area (Å²) in [5.41, 5.74) is 13.4. The monoisotopic (exact) mass is 425 g/mol. The lowest BCUT2D eigenvalue weighted by Crippen LogP contribution is -2.50. The number of thioether (sulfide) groups is 1. The van der Waals surface area contributed by atoms with Gasteiger partial charge in [0.25, 0.3) is 0 Å². The molecule has 0 spiro atoms. The van der Waals surface area contributed by atoms with Crippen LogP contribution in [0.3, 0.4) is 0 Å². The molecule has 0 aromatic heterocycles. The number of rotatable bonds is 2. The summed E-state index contributed by atoms with van der Waals surface area (Å²) in [6, 6.07) is 12.0. The number of halogens is 4. The zero-order valence-corrected chi connectivity index (χ0v) is 15.8. The molecule has 2 aliphatic rings. The van der Waals surface area contributed by atoms with Crippen molar-refractivity contribution in [1.29, 1.82) is 0 Å². The van der Waals surface area contributed by atoms with E-state index in [-0.39, 0.29) is 0 Å². The van der Waals surface area contributed by atoms with Crippen LogP contribution in [0.25, 0.3) is 0 Å². The summed E-state index contributed by atoms with van der Waals surface area (Å²) in [5.74, 6) is 0. The average molecular weight is 426 g/mol. The zero-order valence-electron chi connectivity index (χ0n) is 14.3. The van der Waals surface area contributed by atoms with Crippen LogP contribution in [-0.2, 0) is 6.18 Å². The molecule has 2 aromatic carbocycles. The molecule has 146 valence electrons. The molecule has 0 amide bonds. The molecular formula is C18H15ClF3N5S. The third-order valence-corrected chi connectivity index (χ3v) is 5.76. The zero-order chi connectivity index (χ0) is 20.1. The molecule has 28 heavy (non-hydrogen) atoms. The van der Waals surface area contributed by atoms with Crippen molar-refractivity contribution < 1.29 is 13.2 Å². The molecule has 5 nitrogen and oxygen atoms in total. The predicted molar refractivity (Wildman–Crippen MR) is 107 cm³/mol. The Kier molecular flexibility index (Phi) is 4.78. The second-order valence-electron chi connectivity index (χ2n) is 6.16. The van der Waals surface area contributed by atoms with E-state index in [0.29, 0.717) is 27.1 Å². The molecule has 4 N–H and O–H groups in total. The van der Waals surface area contributed by atoms with Crippen molar-refractivity contribution >= 4 is 41.1 Å². The van der Waals surface area contributed by atoms with Gasteiger partial charge in [-0.3, -0.25) is 0 Å². The fraction of sp³-hybridized carbons (Fsp3) is 0.167. The SMILES string of the molecule is NC1C2=C(N=CN1c1ccc(C(F)(F)F)cc1)SC(N)N2c1ccccc1Cl. The number of anilines is 2. The molecule has 0 saturated carbocycles. The van der Waals surface area contributed by atoms with E-state index >= 15 is 0 Å². The quantitative estimate of drug-likeness (QED) is 0.756. The van der Waals surface area contributed by atoms with Gasteiger partial charge in [0, 0.05) is 5.69 Å². The standard InChI is InChI=1S/C18H15ClF3N5S/c19-12-3-1-2-4-13(12)27-14-15(23)26(9-25-16(14)28-17(27)24)11-7-5-10(6-8-11)18(20,21)22/h1-9,15,17H,23-24H2. The normalized spacial score (nSPS) is 22.1. The van der Waals surface area contributed by atoms with Gasteiger partial charge in [-0.15, -0.1) is 0 Å². The molecular weight excluding hydrogens is 411 g/mol. The molecule has 2 atom stereocenters. The van der Waals surface area contributed by atoms with Crippen molar-refractivity contribution in [2.24, 2.45) is 16.5 Å². The Hall–Kier alpha value is -2.20. The summed E-state index contributed by atoms with van der Waals surface area (Å²) >= 11 is 7.67. The number of nitrogens with two attached hydrogens (primary N) is 2. The van der Waals surface area contributed by atoms with E-state index in [9.17, 15) is 13.2 Å². The summed E-state index contributed by atoms with van der Waals surface area (Å²) in [5, 5.41) is 1.17. The molecule has 10 heteroatoms. The van der Waals surface area contributed by atoms with E-state index in [4.69, 9.17) is 23.1 Å². The van der Waals surface area contributed by atoms with Gasteiger partial charge in [-0.25, -0.2) is 4.99 Å². The van der Waals surface area contributed by atoms with Crippen molar-refractivity contribution in [3.05, 3.63) is 69.8 Å². The number of nitrogens with zero attached hydrogens (tertiary/aromatic N) is 3. The van der Waals surface area contributed by atoms with Crippen molar-refractivity contribution in [3.8, 4) is 0 Å². The summed E-state index contributed by atoms with van der Waals surface area (Å²) in [6.07, 6.45) is -3.59. The van der Waals surface area contributed by atoms with E-state index in [1.165, 1.54) is 30.2 Å². The average Bonchev–Trinajstić information content (AvgIpc) is 2.99. The van der Waals surface area contributed by atoms with Gasteiger partial charge < -0.3 is 21.3 Å². The highest BCUT2D eigenvalue weighted by Gasteiger charge is 2.40. The minimum Gasteiger partial charge on any atom is -0.313 e. The smallest absolute Gasteiger partial charge is 0.313 e. The van der Waals surface area contributed by atoms with Gasteiger partial charge >= 0.3 is 6.18 Å². The van der Waals surface area contributed by atoms with Crippen molar-refractivity contribution in [3.63, 3.8) is 0 Å². The number of hydrogen-bond donors (Lipinski definition) is 2. The van der Waals surface area contributed by atoms with Crippen molar-refractivity contribution in [2.75, 3.05) is 9.80 Å². The molecule has 0 aliphatic carbocycles. The third-order valence-electron chi connectivity index (χ3n) is 4.45. The first-order chi connectivity index (χ1) is 13.3. The highest BCUT2D eigenvalue weighted by atomic mass is 35.5. The van der Waals surface area contributed by atoms with E-state index in [1.54, 1.807) is 15.9 Å².